The third-order valence-electron chi connectivity index (χ3n) is 5.05. The van der Waals surface area contributed by atoms with E-state index < -0.39 is 17.6 Å². The van der Waals surface area contributed by atoms with Gasteiger partial charge in [0.2, 0.25) is 16.9 Å². The van der Waals surface area contributed by atoms with Crippen molar-refractivity contribution in [2.45, 2.75) is 19.8 Å². The van der Waals surface area contributed by atoms with E-state index in [2.05, 4.69) is 20.8 Å². The molecule has 1 aliphatic heterocycles. The molecule has 164 valence electrons. The number of rotatable bonds is 6. The van der Waals surface area contributed by atoms with Crippen LogP contribution in [0.5, 0.6) is 0 Å². The van der Waals surface area contributed by atoms with E-state index in [-0.39, 0.29) is 30.3 Å². The van der Waals surface area contributed by atoms with Gasteiger partial charge in [0, 0.05) is 18.7 Å². The summed E-state index contributed by atoms with van der Waals surface area (Å²) in [5.41, 5.74) is 1.15. The molecule has 2 heterocycles. The van der Waals surface area contributed by atoms with Crippen LogP contribution in [0.2, 0.25) is 0 Å². The van der Waals surface area contributed by atoms with E-state index in [1.807, 2.05) is 6.92 Å². The summed E-state index contributed by atoms with van der Waals surface area (Å²) in [4.78, 5) is 39.5. The van der Waals surface area contributed by atoms with Gasteiger partial charge < -0.3 is 10.2 Å². The maximum Gasteiger partial charge on any atom is 0.259 e. The van der Waals surface area contributed by atoms with Crippen molar-refractivity contribution in [3.63, 3.8) is 0 Å². The van der Waals surface area contributed by atoms with E-state index >= 15 is 0 Å². The van der Waals surface area contributed by atoms with Crippen molar-refractivity contribution in [1.29, 1.82) is 0 Å². The van der Waals surface area contributed by atoms with Crippen LogP contribution in [0.4, 0.5) is 20.9 Å². The highest BCUT2D eigenvalue weighted by atomic mass is 32.1. The maximum atomic E-state index is 13.2. The highest BCUT2D eigenvalue weighted by molar-refractivity contribution is 7.15. The van der Waals surface area contributed by atoms with Gasteiger partial charge in [-0.05, 0) is 42.8 Å². The van der Waals surface area contributed by atoms with Crippen LogP contribution >= 0.6 is 11.3 Å². The van der Waals surface area contributed by atoms with Crippen molar-refractivity contribution in [3.05, 3.63) is 64.9 Å². The first-order chi connectivity index (χ1) is 15.4. The predicted octanol–water partition coefficient (Wildman–Crippen LogP) is 3.48. The number of carbonyl (C=O) groups excluding carboxylic acids is 3. The van der Waals surface area contributed by atoms with Crippen LogP contribution in [0.25, 0.3) is 0 Å². The van der Waals surface area contributed by atoms with E-state index in [1.165, 1.54) is 40.5 Å². The zero-order valence-electron chi connectivity index (χ0n) is 17.2. The number of hydrogen-bond acceptors (Lipinski definition) is 6. The van der Waals surface area contributed by atoms with E-state index in [0.29, 0.717) is 16.5 Å². The minimum atomic E-state index is -0.598. The van der Waals surface area contributed by atoms with E-state index in [4.69, 9.17) is 0 Å². The van der Waals surface area contributed by atoms with Gasteiger partial charge in [0.1, 0.15) is 10.8 Å². The average Bonchev–Trinajstić information content (AvgIpc) is 3.41. The molecular formula is C22H20FN5O3S. The zero-order chi connectivity index (χ0) is 22.7. The third-order valence-corrected chi connectivity index (χ3v) is 6.04. The van der Waals surface area contributed by atoms with Crippen LogP contribution in [-0.4, -0.2) is 34.5 Å². The molecule has 0 spiro atoms. The monoisotopic (exact) mass is 453 g/mol. The predicted molar refractivity (Wildman–Crippen MR) is 119 cm³/mol. The lowest BCUT2D eigenvalue weighted by Gasteiger charge is -2.17. The SMILES string of the molecule is CCc1nnc(NC(=O)c2ccccc2NC(=O)C2CC(=O)N(c3ccc(F)cc3)C2)s1. The van der Waals surface area contributed by atoms with Gasteiger partial charge in [0.15, 0.2) is 0 Å². The summed E-state index contributed by atoms with van der Waals surface area (Å²) >= 11 is 1.29. The molecule has 3 aromatic rings. The first-order valence-corrected chi connectivity index (χ1v) is 10.9. The number of aryl methyl sites for hydroxylation is 1. The Labute approximate surface area is 187 Å². The second-order valence-electron chi connectivity index (χ2n) is 7.23. The lowest BCUT2D eigenvalue weighted by atomic mass is 10.1. The first-order valence-electron chi connectivity index (χ1n) is 10.0. The van der Waals surface area contributed by atoms with E-state index in [9.17, 15) is 18.8 Å². The van der Waals surface area contributed by atoms with Gasteiger partial charge in [-0.25, -0.2) is 4.39 Å². The fourth-order valence-corrected chi connectivity index (χ4v) is 4.06. The highest BCUT2D eigenvalue weighted by Gasteiger charge is 2.35. The highest BCUT2D eigenvalue weighted by Crippen LogP contribution is 2.27. The van der Waals surface area contributed by atoms with Crippen molar-refractivity contribution in [1.82, 2.24) is 10.2 Å². The van der Waals surface area contributed by atoms with Crippen LogP contribution < -0.4 is 15.5 Å². The first kappa shape index (κ1) is 21.6. The number of hydrogen-bond donors (Lipinski definition) is 2. The summed E-state index contributed by atoms with van der Waals surface area (Å²) in [5, 5.41) is 14.6. The molecule has 10 heteroatoms. The van der Waals surface area contributed by atoms with Gasteiger partial charge in [-0.15, -0.1) is 10.2 Å². The Morgan fingerprint density at radius 3 is 2.59 bits per heavy atom. The number of benzene rings is 2. The Bertz CT molecular complexity index is 1160. The van der Waals surface area contributed by atoms with Gasteiger partial charge in [-0.2, -0.15) is 0 Å². The summed E-state index contributed by atoms with van der Waals surface area (Å²) < 4.78 is 13.2. The Morgan fingerprint density at radius 2 is 1.88 bits per heavy atom. The van der Waals surface area contributed by atoms with Crippen LogP contribution in [0.15, 0.2) is 48.5 Å². The van der Waals surface area contributed by atoms with Crippen LogP contribution in [0.3, 0.4) is 0 Å². The van der Waals surface area contributed by atoms with Gasteiger partial charge in [0.05, 0.1) is 17.2 Å². The molecule has 2 aromatic carbocycles. The summed E-state index contributed by atoms with van der Waals surface area (Å²) in [6.45, 7) is 2.12. The Kier molecular flexibility index (Phi) is 6.22. The smallest absolute Gasteiger partial charge is 0.259 e. The molecule has 0 radical (unpaired) electrons. The quantitative estimate of drug-likeness (QED) is 0.595. The minimum absolute atomic E-state index is 0.0299. The number of para-hydroxylation sites is 1. The maximum absolute atomic E-state index is 13.2. The normalized spacial score (nSPS) is 15.6. The lowest BCUT2D eigenvalue weighted by molar-refractivity contribution is -0.122. The average molecular weight is 453 g/mol. The molecule has 0 aliphatic carbocycles. The molecular weight excluding hydrogens is 433 g/mol. The van der Waals surface area contributed by atoms with Crippen LogP contribution in [0.1, 0.15) is 28.7 Å². The van der Waals surface area contributed by atoms with Gasteiger partial charge >= 0.3 is 0 Å². The van der Waals surface area contributed by atoms with Crippen LogP contribution in [-0.2, 0) is 16.0 Å². The molecule has 1 fully saturated rings. The second kappa shape index (κ2) is 9.23. The molecule has 32 heavy (non-hydrogen) atoms. The van der Waals surface area contributed by atoms with Crippen molar-refractivity contribution in [3.8, 4) is 0 Å². The molecule has 1 saturated heterocycles. The summed E-state index contributed by atoms with van der Waals surface area (Å²) in [7, 11) is 0. The molecule has 4 rings (SSSR count). The summed E-state index contributed by atoms with van der Waals surface area (Å²) in [6, 6.07) is 12.2. The number of aromatic nitrogens is 2. The number of halogens is 1. The molecule has 1 aromatic heterocycles. The van der Waals surface area contributed by atoms with E-state index in [0.717, 1.165) is 11.4 Å². The number of amides is 3. The van der Waals surface area contributed by atoms with Crippen molar-refractivity contribution in [2.24, 2.45) is 5.92 Å². The zero-order valence-corrected chi connectivity index (χ0v) is 18.0. The summed E-state index contributed by atoms with van der Waals surface area (Å²) in [6.07, 6.45) is 0.747. The number of anilines is 3. The largest absolute Gasteiger partial charge is 0.325 e. The topological polar surface area (TPSA) is 104 Å². The fraction of sp³-hybridized carbons (Fsp3) is 0.227. The van der Waals surface area contributed by atoms with Crippen molar-refractivity contribution >= 4 is 45.6 Å². The van der Waals surface area contributed by atoms with Gasteiger partial charge in [0.25, 0.3) is 5.91 Å². The summed E-state index contributed by atoms with van der Waals surface area (Å²) in [5.74, 6) is -2.00. The third kappa shape index (κ3) is 4.65. The molecule has 0 saturated carbocycles. The molecule has 3 amide bonds. The van der Waals surface area contributed by atoms with Crippen molar-refractivity contribution in [2.75, 3.05) is 22.1 Å². The van der Waals surface area contributed by atoms with E-state index in [1.54, 1.807) is 24.3 Å². The molecule has 1 atom stereocenters. The van der Waals surface area contributed by atoms with Gasteiger partial charge in [-0.1, -0.05) is 30.4 Å². The Morgan fingerprint density at radius 1 is 1.12 bits per heavy atom. The van der Waals surface area contributed by atoms with Gasteiger partial charge in [-0.3, -0.25) is 19.7 Å². The molecule has 8 nitrogen and oxygen atoms in total. The molecule has 2 N–H and O–H groups in total. The number of nitrogens with one attached hydrogen (secondary N) is 2. The standard InChI is InChI=1S/C22H20FN5O3S/c1-2-18-26-27-22(32-18)25-21(31)16-5-3-4-6-17(16)24-20(30)13-11-19(29)28(12-13)15-9-7-14(23)8-10-15/h3-10,13H,2,11-12H2,1H3,(H,24,30)(H,25,27,31). The second-order valence-corrected chi connectivity index (χ2v) is 8.29. The number of carbonyl (C=O) groups is 3. The minimum Gasteiger partial charge on any atom is -0.325 e. The molecule has 1 aliphatic rings. The Hall–Kier alpha value is -3.66. The molecule has 0 bridgehead atoms. The number of nitrogens with zero attached hydrogens (tertiary/aromatic N) is 3. The fourth-order valence-electron chi connectivity index (χ4n) is 3.39. The van der Waals surface area contributed by atoms with Crippen LogP contribution in [0, 0.1) is 11.7 Å². The molecule has 1 unspecified atom stereocenters. The van der Waals surface area contributed by atoms with Crippen molar-refractivity contribution < 1.29 is 18.8 Å². The lowest BCUT2D eigenvalue weighted by Crippen LogP contribution is -2.28. The Balaban J connectivity index is 1.45.